The van der Waals surface area contributed by atoms with Crippen molar-refractivity contribution in [2.75, 3.05) is 13.2 Å². The Morgan fingerprint density at radius 3 is 2.10 bits per heavy atom. The first-order valence-electron chi connectivity index (χ1n) is 13.5. The van der Waals surface area contributed by atoms with Gasteiger partial charge in [0.1, 0.15) is 23.4 Å². The number of ether oxygens (including phenoxy) is 5. The average molecular weight is 548 g/mol. The summed E-state index contributed by atoms with van der Waals surface area (Å²) in [6, 6.07) is 8.49. The maximum absolute atomic E-state index is 13.5. The van der Waals surface area contributed by atoms with Crippen LogP contribution in [0.5, 0.6) is 0 Å². The molecule has 218 valence electrons. The molecule has 0 aliphatic carbocycles. The van der Waals surface area contributed by atoms with Crippen molar-refractivity contribution in [1.29, 1.82) is 0 Å². The van der Waals surface area contributed by atoms with Gasteiger partial charge in [0.2, 0.25) is 0 Å². The molecular weight excluding hydrogens is 502 g/mol. The van der Waals surface area contributed by atoms with E-state index in [1.807, 2.05) is 56.3 Å². The predicted molar refractivity (Wildman–Crippen MR) is 147 cm³/mol. The van der Waals surface area contributed by atoms with Gasteiger partial charge in [0.25, 0.3) is 0 Å². The highest BCUT2D eigenvalue weighted by Crippen LogP contribution is 2.26. The first-order valence-corrected chi connectivity index (χ1v) is 13.5. The zero-order chi connectivity index (χ0) is 29.4. The SMILES string of the molecule is CC=CC(C)OC1C(Cc2ccccc2)COCC(N(C(=O)OC(C)(C)C)C(=O)OC(C)(C)C)C(=O)OC1C. The first kappa shape index (κ1) is 32.3. The number of esters is 1. The maximum atomic E-state index is 13.5. The van der Waals surface area contributed by atoms with E-state index in [-0.39, 0.29) is 25.2 Å². The molecule has 1 aliphatic heterocycles. The van der Waals surface area contributed by atoms with Gasteiger partial charge in [0, 0.05) is 5.92 Å². The van der Waals surface area contributed by atoms with Gasteiger partial charge >= 0.3 is 18.2 Å². The van der Waals surface area contributed by atoms with Gasteiger partial charge < -0.3 is 23.7 Å². The van der Waals surface area contributed by atoms with Crippen LogP contribution in [0.15, 0.2) is 42.5 Å². The lowest BCUT2D eigenvalue weighted by Crippen LogP contribution is -2.54. The van der Waals surface area contributed by atoms with Crippen LogP contribution in [0.25, 0.3) is 0 Å². The van der Waals surface area contributed by atoms with Crippen molar-refractivity contribution in [3.05, 3.63) is 48.0 Å². The summed E-state index contributed by atoms with van der Waals surface area (Å²) < 4.78 is 29.2. The van der Waals surface area contributed by atoms with E-state index in [1.165, 1.54) is 0 Å². The molecule has 1 heterocycles. The number of imide groups is 1. The van der Waals surface area contributed by atoms with Crippen LogP contribution in [-0.4, -0.2) is 71.8 Å². The number of nitrogens with zero attached hydrogens (tertiary/aromatic N) is 1. The minimum atomic E-state index is -1.42. The predicted octanol–water partition coefficient (Wildman–Crippen LogP) is 5.70. The first-order chi connectivity index (χ1) is 18.1. The van der Waals surface area contributed by atoms with Gasteiger partial charge in [-0.2, -0.15) is 4.90 Å². The Kier molecular flexibility index (Phi) is 11.5. The highest BCUT2D eigenvalue weighted by molar-refractivity contribution is 5.94. The molecule has 0 N–H and O–H groups in total. The van der Waals surface area contributed by atoms with Gasteiger partial charge in [-0.3, -0.25) is 0 Å². The second-order valence-electron chi connectivity index (χ2n) is 11.8. The minimum Gasteiger partial charge on any atom is -0.458 e. The number of hydrogen-bond donors (Lipinski definition) is 0. The van der Waals surface area contributed by atoms with E-state index in [2.05, 4.69) is 0 Å². The zero-order valence-corrected chi connectivity index (χ0v) is 24.8. The van der Waals surface area contributed by atoms with Crippen LogP contribution >= 0.6 is 0 Å². The van der Waals surface area contributed by atoms with Gasteiger partial charge in [-0.1, -0.05) is 42.5 Å². The molecule has 1 saturated heterocycles. The van der Waals surface area contributed by atoms with Crippen LogP contribution in [0.1, 0.15) is 67.9 Å². The largest absolute Gasteiger partial charge is 0.458 e. The Labute approximate surface area is 232 Å². The molecule has 9 nitrogen and oxygen atoms in total. The summed E-state index contributed by atoms with van der Waals surface area (Å²) in [5.74, 6) is -0.995. The van der Waals surface area contributed by atoms with E-state index in [4.69, 9.17) is 23.7 Å². The van der Waals surface area contributed by atoms with Crippen LogP contribution in [-0.2, 0) is 34.9 Å². The molecule has 5 unspecified atom stereocenters. The fourth-order valence-corrected chi connectivity index (χ4v) is 4.22. The lowest BCUT2D eigenvalue weighted by molar-refractivity contribution is -0.165. The topological polar surface area (TPSA) is 101 Å². The van der Waals surface area contributed by atoms with Crippen LogP contribution in [0.4, 0.5) is 9.59 Å². The Morgan fingerprint density at radius 1 is 1.03 bits per heavy atom. The summed E-state index contributed by atoms with van der Waals surface area (Å²) in [5.41, 5.74) is -0.760. The van der Waals surface area contributed by atoms with E-state index >= 15 is 0 Å². The molecule has 0 aromatic heterocycles. The molecule has 1 aromatic rings. The molecular formula is C30H45NO8. The fraction of sp³-hybridized carbons (Fsp3) is 0.633. The number of hydrogen-bond acceptors (Lipinski definition) is 8. The molecule has 0 saturated carbocycles. The standard InChI is InChI=1S/C30H45NO8/c1-10-14-20(2)36-25-21(3)37-26(32)24(19-35-18-23(25)17-22-15-12-11-13-16-22)31(27(33)38-29(4,5)6)28(34)39-30(7,8)9/h10-16,20-21,23-25H,17-19H2,1-9H3. The third-order valence-electron chi connectivity index (χ3n) is 5.78. The highest BCUT2D eigenvalue weighted by Gasteiger charge is 2.44. The van der Waals surface area contributed by atoms with Gasteiger partial charge in [0.15, 0.2) is 6.04 Å². The normalized spacial score (nSPS) is 23.7. The zero-order valence-electron chi connectivity index (χ0n) is 24.8. The third kappa shape index (κ3) is 10.6. The molecule has 1 aliphatic rings. The van der Waals surface area contributed by atoms with Crippen LogP contribution in [0.3, 0.4) is 0 Å². The van der Waals surface area contributed by atoms with Crippen molar-refractivity contribution in [3.8, 4) is 0 Å². The van der Waals surface area contributed by atoms with Crippen molar-refractivity contribution in [1.82, 2.24) is 4.90 Å². The van der Waals surface area contributed by atoms with Crippen molar-refractivity contribution in [3.63, 3.8) is 0 Å². The van der Waals surface area contributed by atoms with E-state index in [0.717, 1.165) is 5.56 Å². The average Bonchev–Trinajstić information content (AvgIpc) is 2.83. The Balaban J connectivity index is 2.43. The number of rotatable bonds is 6. The second-order valence-corrected chi connectivity index (χ2v) is 11.8. The summed E-state index contributed by atoms with van der Waals surface area (Å²) in [6.07, 6.45) is 0.914. The molecule has 5 atom stereocenters. The van der Waals surface area contributed by atoms with E-state index in [0.29, 0.717) is 11.3 Å². The van der Waals surface area contributed by atoms with Crippen LogP contribution in [0.2, 0.25) is 0 Å². The monoisotopic (exact) mass is 547 g/mol. The molecule has 0 radical (unpaired) electrons. The molecule has 2 amide bonds. The summed E-state index contributed by atoms with van der Waals surface area (Å²) in [5, 5.41) is 0. The number of carbonyl (C=O) groups is 3. The smallest absolute Gasteiger partial charge is 0.420 e. The van der Waals surface area contributed by atoms with Gasteiger partial charge in [-0.05, 0) is 74.3 Å². The molecule has 2 rings (SSSR count). The van der Waals surface area contributed by atoms with Crippen LogP contribution < -0.4 is 0 Å². The second kappa shape index (κ2) is 13.9. The fourth-order valence-electron chi connectivity index (χ4n) is 4.22. The maximum Gasteiger partial charge on any atom is 0.420 e. The third-order valence-corrected chi connectivity index (χ3v) is 5.78. The van der Waals surface area contributed by atoms with Crippen molar-refractivity contribution in [2.24, 2.45) is 5.92 Å². The molecule has 1 aromatic carbocycles. The number of carbonyl (C=O) groups excluding carboxylic acids is 3. The molecule has 9 heteroatoms. The lowest BCUT2D eigenvalue weighted by Gasteiger charge is -2.33. The van der Waals surface area contributed by atoms with E-state index in [9.17, 15) is 14.4 Å². The summed E-state index contributed by atoms with van der Waals surface area (Å²) in [4.78, 5) is 40.5. The minimum absolute atomic E-state index is 0.182. The molecule has 0 bridgehead atoms. The molecule has 1 fully saturated rings. The molecule has 0 spiro atoms. The van der Waals surface area contributed by atoms with E-state index < -0.39 is 47.6 Å². The Hall–Kier alpha value is -2.91. The lowest BCUT2D eigenvalue weighted by atomic mass is 9.91. The number of amides is 2. The van der Waals surface area contributed by atoms with Gasteiger partial charge in [-0.25, -0.2) is 14.4 Å². The number of allylic oxidation sites excluding steroid dienone is 1. The van der Waals surface area contributed by atoms with Crippen LogP contribution in [0, 0.1) is 5.92 Å². The van der Waals surface area contributed by atoms with E-state index in [1.54, 1.807) is 48.5 Å². The van der Waals surface area contributed by atoms with Gasteiger partial charge in [0.05, 0.1) is 19.3 Å². The summed E-state index contributed by atoms with van der Waals surface area (Å²) >= 11 is 0. The number of cyclic esters (lactones) is 1. The Morgan fingerprint density at radius 2 is 1.59 bits per heavy atom. The van der Waals surface area contributed by atoms with Crippen molar-refractivity contribution >= 4 is 18.2 Å². The highest BCUT2D eigenvalue weighted by atomic mass is 16.6. The van der Waals surface area contributed by atoms with Crippen molar-refractivity contribution < 1.29 is 38.1 Å². The molecule has 39 heavy (non-hydrogen) atoms. The van der Waals surface area contributed by atoms with Gasteiger partial charge in [-0.15, -0.1) is 0 Å². The number of benzene rings is 1. The summed E-state index contributed by atoms with van der Waals surface area (Å²) in [6.45, 7) is 15.5. The van der Waals surface area contributed by atoms with Crippen molar-refractivity contribution in [2.45, 2.75) is 104 Å². The Bertz CT molecular complexity index is 951. The quantitative estimate of drug-likeness (QED) is 0.254. The summed E-state index contributed by atoms with van der Waals surface area (Å²) in [7, 11) is 0.